The van der Waals surface area contributed by atoms with Crippen molar-refractivity contribution in [1.29, 1.82) is 0 Å². The first-order valence-electron chi connectivity index (χ1n) is 9.11. The second-order valence-corrected chi connectivity index (χ2v) is 7.84. The Morgan fingerprint density at radius 1 is 1.21 bits per heavy atom. The summed E-state index contributed by atoms with van der Waals surface area (Å²) in [5.74, 6) is 0.489. The van der Waals surface area contributed by atoms with Gasteiger partial charge in [0.15, 0.2) is 0 Å². The largest absolute Gasteiger partial charge is 0.465 e. The van der Waals surface area contributed by atoms with Crippen LogP contribution in [0.4, 0.5) is 0 Å². The van der Waals surface area contributed by atoms with Gasteiger partial charge in [0.1, 0.15) is 21.9 Å². The molecular weight excluding hydrogens is 388 g/mol. The number of aromatic nitrogens is 2. The number of ether oxygens (including phenoxy) is 1. The van der Waals surface area contributed by atoms with Gasteiger partial charge in [0.2, 0.25) is 0 Å². The minimum absolute atomic E-state index is 0.141. The molecule has 0 spiro atoms. The van der Waals surface area contributed by atoms with Crippen molar-refractivity contribution in [1.82, 2.24) is 9.55 Å². The monoisotopic (exact) mass is 408 g/mol. The number of methoxy groups -OCH3 is 1. The fourth-order valence-electron chi connectivity index (χ4n) is 3.30. The number of carbonyl (C=O) groups is 1. The SMILES string of the molecule is COC(=O)c1cc(Cn2cnc3scc(-c4ccc(C)c(C)c4)c3c2=O)oc1C. The molecule has 0 atom stereocenters. The summed E-state index contributed by atoms with van der Waals surface area (Å²) in [6.07, 6.45) is 1.51. The molecule has 0 bridgehead atoms. The number of rotatable bonds is 4. The molecule has 29 heavy (non-hydrogen) atoms. The lowest BCUT2D eigenvalue weighted by molar-refractivity contribution is 0.0599. The first-order chi connectivity index (χ1) is 13.9. The third-order valence-electron chi connectivity index (χ3n) is 5.08. The average Bonchev–Trinajstić information content (AvgIpc) is 3.29. The van der Waals surface area contributed by atoms with Gasteiger partial charge in [0.25, 0.3) is 5.56 Å². The van der Waals surface area contributed by atoms with Crippen LogP contribution in [0.3, 0.4) is 0 Å². The zero-order chi connectivity index (χ0) is 20.7. The summed E-state index contributed by atoms with van der Waals surface area (Å²) in [5, 5.41) is 2.57. The van der Waals surface area contributed by atoms with Crippen LogP contribution in [0.15, 0.2) is 45.2 Å². The Hall–Kier alpha value is -3.19. The van der Waals surface area contributed by atoms with Crippen molar-refractivity contribution in [2.75, 3.05) is 7.11 Å². The van der Waals surface area contributed by atoms with Crippen LogP contribution in [-0.2, 0) is 11.3 Å². The van der Waals surface area contributed by atoms with E-state index in [1.807, 2.05) is 11.4 Å². The van der Waals surface area contributed by atoms with Gasteiger partial charge >= 0.3 is 5.97 Å². The highest BCUT2D eigenvalue weighted by molar-refractivity contribution is 7.17. The molecule has 0 amide bonds. The molecule has 3 heterocycles. The van der Waals surface area contributed by atoms with E-state index in [9.17, 15) is 9.59 Å². The lowest BCUT2D eigenvalue weighted by Gasteiger charge is -2.06. The van der Waals surface area contributed by atoms with Gasteiger partial charge < -0.3 is 9.15 Å². The topological polar surface area (TPSA) is 74.3 Å². The normalized spacial score (nSPS) is 11.2. The summed E-state index contributed by atoms with van der Waals surface area (Å²) in [6, 6.07) is 7.78. The first-order valence-corrected chi connectivity index (χ1v) is 9.99. The summed E-state index contributed by atoms with van der Waals surface area (Å²) in [4.78, 5) is 30.2. The molecule has 6 nitrogen and oxygen atoms in total. The summed E-state index contributed by atoms with van der Waals surface area (Å²) in [5.41, 5.74) is 4.48. The molecule has 0 fully saturated rings. The maximum absolute atomic E-state index is 13.2. The quantitative estimate of drug-likeness (QED) is 0.466. The number of esters is 1. The number of thiophene rings is 1. The number of hydrogen-bond donors (Lipinski definition) is 0. The van der Waals surface area contributed by atoms with E-state index >= 15 is 0 Å². The van der Waals surface area contributed by atoms with Crippen molar-refractivity contribution in [3.63, 3.8) is 0 Å². The zero-order valence-corrected chi connectivity index (χ0v) is 17.4. The number of aryl methyl sites for hydroxylation is 3. The standard InChI is InChI=1S/C22H20N2O4S/c1-12-5-6-15(7-13(12)2)18-10-29-20-19(18)21(25)24(11-23-20)9-16-8-17(14(3)28-16)22(26)27-4/h5-8,10-11H,9H2,1-4H3. The average molecular weight is 408 g/mol. The van der Waals surface area contributed by atoms with Crippen molar-refractivity contribution in [2.24, 2.45) is 0 Å². The molecule has 0 aliphatic heterocycles. The number of nitrogens with zero attached hydrogens (tertiary/aromatic N) is 2. The van der Waals surface area contributed by atoms with Gasteiger partial charge in [-0.15, -0.1) is 11.3 Å². The predicted molar refractivity (Wildman–Crippen MR) is 113 cm³/mol. The molecule has 0 unspecified atom stereocenters. The van der Waals surface area contributed by atoms with Gasteiger partial charge in [-0.3, -0.25) is 9.36 Å². The van der Waals surface area contributed by atoms with Crippen LogP contribution < -0.4 is 5.56 Å². The van der Waals surface area contributed by atoms with E-state index in [1.54, 1.807) is 13.0 Å². The van der Waals surface area contributed by atoms with E-state index in [0.29, 0.717) is 27.3 Å². The van der Waals surface area contributed by atoms with Crippen LogP contribution >= 0.6 is 11.3 Å². The highest BCUT2D eigenvalue weighted by Gasteiger charge is 2.18. The zero-order valence-electron chi connectivity index (χ0n) is 16.6. The number of hydrogen-bond acceptors (Lipinski definition) is 6. The van der Waals surface area contributed by atoms with Crippen molar-refractivity contribution < 1.29 is 13.9 Å². The van der Waals surface area contributed by atoms with Crippen LogP contribution in [0.5, 0.6) is 0 Å². The molecule has 0 saturated carbocycles. The highest BCUT2D eigenvalue weighted by Crippen LogP contribution is 2.31. The smallest absolute Gasteiger partial charge is 0.341 e. The van der Waals surface area contributed by atoms with Crippen LogP contribution in [0.25, 0.3) is 21.3 Å². The third kappa shape index (κ3) is 3.38. The number of furan rings is 1. The van der Waals surface area contributed by atoms with E-state index in [2.05, 4.69) is 31.0 Å². The Labute approximate surface area is 171 Å². The van der Waals surface area contributed by atoms with Crippen molar-refractivity contribution in [2.45, 2.75) is 27.3 Å². The fraction of sp³-hybridized carbons (Fsp3) is 0.227. The summed E-state index contributed by atoms with van der Waals surface area (Å²) in [6.45, 7) is 5.99. The van der Waals surface area contributed by atoms with Crippen LogP contribution in [0.2, 0.25) is 0 Å². The van der Waals surface area contributed by atoms with E-state index in [4.69, 9.17) is 9.15 Å². The third-order valence-corrected chi connectivity index (χ3v) is 5.97. The van der Waals surface area contributed by atoms with E-state index in [-0.39, 0.29) is 12.1 Å². The van der Waals surface area contributed by atoms with Gasteiger partial charge in [-0.05, 0) is 43.5 Å². The fourth-order valence-corrected chi connectivity index (χ4v) is 4.21. The van der Waals surface area contributed by atoms with Gasteiger partial charge in [0, 0.05) is 10.9 Å². The molecule has 3 aromatic heterocycles. The summed E-state index contributed by atoms with van der Waals surface area (Å²) in [7, 11) is 1.32. The van der Waals surface area contributed by atoms with Crippen molar-refractivity contribution >= 4 is 27.5 Å². The molecule has 148 valence electrons. The molecule has 4 aromatic rings. The highest BCUT2D eigenvalue weighted by atomic mass is 32.1. The minimum atomic E-state index is -0.465. The predicted octanol–water partition coefficient (Wildman–Crippen LogP) is 4.48. The van der Waals surface area contributed by atoms with Crippen molar-refractivity contribution in [3.05, 3.63) is 74.5 Å². The molecule has 0 radical (unpaired) electrons. The second-order valence-electron chi connectivity index (χ2n) is 6.98. The van der Waals surface area contributed by atoms with Gasteiger partial charge in [0.05, 0.1) is 25.4 Å². The van der Waals surface area contributed by atoms with E-state index < -0.39 is 5.97 Å². The Bertz CT molecular complexity index is 1300. The maximum Gasteiger partial charge on any atom is 0.341 e. The molecule has 0 aliphatic rings. The molecule has 4 rings (SSSR count). The molecule has 0 saturated heterocycles. The molecule has 0 aliphatic carbocycles. The lowest BCUT2D eigenvalue weighted by Crippen LogP contribution is -2.20. The Balaban J connectivity index is 1.77. The second kappa shape index (κ2) is 7.33. The van der Waals surface area contributed by atoms with Crippen LogP contribution in [-0.4, -0.2) is 22.6 Å². The Morgan fingerprint density at radius 3 is 2.72 bits per heavy atom. The van der Waals surface area contributed by atoms with Gasteiger partial charge in [-0.2, -0.15) is 0 Å². The summed E-state index contributed by atoms with van der Waals surface area (Å²) < 4.78 is 11.9. The van der Waals surface area contributed by atoms with Gasteiger partial charge in [-0.25, -0.2) is 9.78 Å². The van der Waals surface area contributed by atoms with Crippen LogP contribution in [0.1, 0.15) is 33.0 Å². The van der Waals surface area contributed by atoms with Crippen LogP contribution in [0, 0.1) is 20.8 Å². The molecule has 0 N–H and O–H groups in total. The Kier molecular flexibility index (Phi) is 4.84. The molecule has 7 heteroatoms. The lowest BCUT2D eigenvalue weighted by atomic mass is 10.0. The maximum atomic E-state index is 13.2. The molecular formula is C22H20N2O4S. The number of benzene rings is 1. The van der Waals surface area contributed by atoms with Crippen molar-refractivity contribution in [3.8, 4) is 11.1 Å². The summed E-state index contributed by atoms with van der Waals surface area (Å²) >= 11 is 1.45. The first kappa shape index (κ1) is 19.1. The van der Waals surface area contributed by atoms with Gasteiger partial charge in [-0.1, -0.05) is 18.2 Å². The van der Waals surface area contributed by atoms with E-state index in [0.717, 1.165) is 11.1 Å². The Morgan fingerprint density at radius 2 is 2.00 bits per heavy atom. The number of fused-ring (bicyclic) bond motifs is 1. The number of carbonyl (C=O) groups excluding carboxylic acids is 1. The van der Waals surface area contributed by atoms with E-state index in [1.165, 1.54) is 40.5 Å². The minimum Gasteiger partial charge on any atom is -0.465 e. The molecule has 1 aromatic carbocycles.